The minimum Gasteiger partial charge on any atom is -0.495 e. The largest absolute Gasteiger partial charge is 0.495 e. The lowest BCUT2D eigenvalue weighted by atomic mass is 10.1. The number of benzene rings is 1. The summed E-state index contributed by atoms with van der Waals surface area (Å²) in [6.07, 6.45) is 0. The molecular weight excluding hydrogens is 330 g/mol. The van der Waals surface area contributed by atoms with E-state index in [1.54, 1.807) is 7.11 Å². The highest BCUT2D eigenvalue weighted by Gasteiger charge is 2.37. The van der Waals surface area contributed by atoms with Crippen LogP contribution >= 0.6 is 0 Å². The minimum atomic E-state index is -1.81. The Morgan fingerprint density at radius 1 is 1.12 bits per heavy atom. The molecule has 0 unspecified atom stereocenters. The lowest BCUT2D eigenvalue weighted by Crippen LogP contribution is -2.45. The summed E-state index contributed by atoms with van der Waals surface area (Å²) < 4.78 is 11.9. The molecule has 0 aliphatic carbocycles. The first-order valence-electron chi connectivity index (χ1n) is 9.09. The number of hydrogen-bond acceptors (Lipinski definition) is 5. The highest BCUT2D eigenvalue weighted by Crippen LogP contribution is 2.39. The average Bonchev–Trinajstić information content (AvgIpc) is 2.53. The van der Waals surface area contributed by atoms with Crippen LogP contribution in [0.3, 0.4) is 0 Å². The van der Waals surface area contributed by atoms with E-state index in [2.05, 4.69) is 56.8 Å². The summed E-state index contributed by atoms with van der Waals surface area (Å²) in [6.45, 7) is 16.1. The molecule has 1 aliphatic heterocycles. The molecule has 0 saturated carbocycles. The van der Waals surface area contributed by atoms with E-state index in [4.69, 9.17) is 14.9 Å². The van der Waals surface area contributed by atoms with E-state index in [1.165, 1.54) is 5.69 Å². The SMILES string of the molecule is COc1cc(N2CCN(C)CC2)c(CO[Si](C)(C)C(C)(C)C)cc1N. The minimum absolute atomic E-state index is 0.193. The number of nitrogen functional groups attached to an aromatic ring is 1. The third-order valence-corrected chi connectivity index (χ3v) is 10.1. The zero-order valence-electron chi connectivity index (χ0n) is 17.0. The van der Waals surface area contributed by atoms with Gasteiger partial charge in [0.25, 0.3) is 0 Å². The maximum absolute atomic E-state index is 6.47. The predicted molar refractivity (Wildman–Crippen MR) is 109 cm³/mol. The van der Waals surface area contributed by atoms with Gasteiger partial charge in [0.1, 0.15) is 5.75 Å². The summed E-state index contributed by atoms with van der Waals surface area (Å²) in [6, 6.07) is 4.10. The molecule has 2 N–H and O–H groups in total. The van der Waals surface area contributed by atoms with Gasteiger partial charge < -0.3 is 24.7 Å². The van der Waals surface area contributed by atoms with Gasteiger partial charge in [-0.05, 0) is 31.2 Å². The Morgan fingerprint density at radius 2 is 1.72 bits per heavy atom. The maximum atomic E-state index is 6.47. The molecule has 1 aromatic rings. The van der Waals surface area contributed by atoms with Crippen LogP contribution in [0.5, 0.6) is 5.75 Å². The third kappa shape index (κ3) is 4.68. The highest BCUT2D eigenvalue weighted by atomic mass is 28.4. The van der Waals surface area contributed by atoms with Gasteiger partial charge in [-0.2, -0.15) is 0 Å². The lowest BCUT2D eigenvalue weighted by molar-refractivity contribution is 0.275. The number of nitrogens with two attached hydrogens (primary N) is 1. The first kappa shape index (κ1) is 20.1. The first-order valence-corrected chi connectivity index (χ1v) is 12.0. The van der Waals surface area contributed by atoms with Gasteiger partial charge in [0.15, 0.2) is 8.32 Å². The van der Waals surface area contributed by atoms with Crippen molar-refractivity contribution < 1.29 is 9.16 Å². The molecule has 1 heterocycles. The van der Waals surface area contributed by atoms with Crippen molar-refractivity contribution in [3.8, 4) is 5.75 Å². The lowest BCUT2D eigenvalue weighted by Gasteiger charge is -2.38. The van der Waals surface area contributed by atoms with Crippen LogP contribution < -0.4 is 15.4 Å². The molecule has 0 aromatic heterocycles. The first-order chi connectivity index (χ1) is 11.5. The van der Waals surface area contributed by atoms with Gasteiger partial charge in [-0.1, -0.05) is 20.8 Å². The molecule has 1 fully saturated rings. The Labute approximate surface area is 154 Å². The van der Waals surface area contributed by atoms with Crippen molar-refractivity contribution in [2.24, 2.45) is 0 Å². The van der Waals surface area contributed by atoms with E-state index in [0.717, 1.165) is 37.5 Å². The van der Waals surface area contributed by atoms with Gasteiger partial charge in [0, 0.05) is 43.5 Å². The third-order valence-electron chi connectivity index (χ3n) is 5.67. The molecule has 1 aliphatic rings. The predicted octanol–water partition coefficient (Wildman–Crippen LogP) is 3.55. The second-order valence-corrected chi connectivity index (χ2v) is 13.4. The molecule has 0 radical (unpaired) electrons. The van der Waals surface area contributed by atoms with Crippen LogP contribution in [0.25, 0.3) is 0 Å². The fourth-order valence-corrected chi connectivity index (χ4v) is 3.69. The highest BCUT2D eigenvalue weighted by molar-refractivity contribution is 6.74. The van der Waals surface area contributed by atoms with Crippen LogP contribution in [0.2, 0.25) is 18.1 Å². The van der Waals surface area contributed by atoms with Crippen molar-refractivity contribution in [3.05, 3.63) is 17.7 Å². The van der Waals surface area contributed by atoms with Crippen LogP contribution in [0.1, 0.15) is 26.3 Å². The van der Waals surface area contributed by atoms with Crippen LogP contribution in [-0.4, -0.2) is 53.6 Å². The molecule has 0 spiro atoms. The Hall–Kier alpha value is -1.24. The standard InChI is InChI=1S/C19H35N3O2Si/c1-19(2,3)25(6,7)24-14-15-12-16(20)18(23-5)13-17(15)22-10-8-21(4)9-11-22/h12-13H,8-11,14,20H2,1-7H3. The fraction of sp³-hybridized carbons (Fsp3) is 0.684. The van der Waals surface area contributed by atoms with Crippen LogP contribution in [-0.2, 0) is 11.0 Å². The molecule has 25 heavy (non-hydrogen) atoms. The Morgan fingerprint density at radius 3 is 2.24 bits per heavy atom. The topological polar surface area (TPSA) is 51.0 Å². The van der Waals surface area contributed by atoms with E-state index in [0.29, 0.717) is 12.3 Å². The van der Waals surface area contributed by atoms with Crippen molar-refractivity contribution in [1.29, 1.82) is 0 Å². The normalized spacial score (nSPS) is 17.0. The Bertz CT molecular complexity index is 591. The van der Waals surface area contributed by atoms with Crippen LogP contribution in [0, 0.1) is 0 Å². The zero-order chi connectivity index (χ0) is 18.8. The van der Waals surface area contributed by atoms with E-state index in [-0.39, 0.29) is 5.04 Å². The zero-order valence-corrected chi connectivity index (χ0v) is 18.0. The molecule has 5 nitrogen and oxygen atoms in total. The number of ether oxygens (including phenoxy) is 1. The fourth-order valence-electron chi connectivity index (χ4n) is 2.74. The number of nitrogens with zero attached hydrogens (tertiary/aromatic N) is 2. The van der Waals surface area contributed by atoms with Gasteiger partial charge in [0.05, 0.1) is 19.4 Å². The van der Waals surface area contributed by atoms with Gasteiger partial charge in [-0.3, -0.25) is 0 Å². The van der Waals surface area contributed by atoms with Crippen molar-refractivity contribution in [1.82, 2.24) is 4.90 Å². The molecule has 142 valence electrons. The molecule has 0 amide bonds. The number of anilines is 2. The Balaban J connectivity index is 2.28. The monoisotopic (exact) mass is 365 g/mol. The molecular formula is C19H35N3O2Si. The number of likely N-dealkylation sites (N-methyl/N-ethyl adjacent to an activating group) is 1. The molecule has 6 heteroatoms. The molecule has 1 aromatic carbocycles. The summed E-state index contributed by atoms with van der Waals surface area (Å²) in [7, 11) is 2.03. The second kappa shape index (κ2) is 7.56. The van der Waals surface area contributed by atoms with Crippen molar-refractivity contribution >= 4 is 19.7 Å². The van der Waals surface area contributed by atoms with E-state index < -0.39 is 8.32 Å². The summed E-state index contributed by atoms with van der Waals surface area (Å²) >= 11 is 0. The maximum Gasteiger partial charge on any atom is 0.192 e. The summed E-state index contributed by atoms with van der Waals surface area (Å²) in [5, 5.41) is 0.193. The number of piperazine rings is 1. The smallest absolute Gasteiger partial charge is 0.192 e. The number of hydrogen-bond donors (Lipinski definition) is 1. The summed E-state index contributed by atoms with van der Waals surface area (Å²) in [4.78, 5) is 4.78. The van der Waals surface area contributed by atoms with Gasteiger partial charge >= 0.3 is 0 Å². The van der Waals surface area contributed by atoms with E-state index in [1.807, 2.05) is 6.07 Å². The molecule has 2 rings (SSSR count). The number of rotatable bonds is 5. The Kier molecular flexibility index (Phi) is 6.07. The van der Waals surface area contributed by atoms with Crippen LogP contribution in [0.15, 0.2) is 12.1 Å². The molecule has 0 atom stereocenters. The van der Waals surface area contributed by atoms with E-state index >= 15 is 0 Å². The quantitative estimate of drug-likeness (QED) is 0.639. The summed E-state index contributed by atoms with van der Waals surface area (Å²) in [5.74, 6) is 0.741. The van der Waals surface area contributed by atoms with Crippen molar-refractivity contribution in [2.45, 2.75) is 45.5 Å². The number of methoxy groups -OCH3 is 1. The van der Waals surface area contributed by atoms with Crippen molar-refractivity contribution in [2.75, 3.05) is 51.0 Å². The summed E-state index contributed by atoms with van der Waals surface area (Å²) in [5.41, 5.74) is 9.21. The van der Waals surface area contributed by atoms with Gasteiger partial charge in [-0.15, -0.1) is 0 Å². The van der Waals surface area contributed by atoms with E-state index in [9.17, 15) is 0 Å². The second-order valence-electron chi connectivity index (χ2n) is 8.56. The average molecular weight is 366 g/mol. The molecule has 1 saturated heterocycles. The van der Waals surface area contributed by atoms with Crippen molar-refractivity contribution in [3.63, 3.8) is 0 Å². The van der Waals surface area contributed by atoms with Gasteiger partial charge in [0.2, 0.25) is 0 Å². The molecule has 0 bridgehead atoms. The van der Waals surface area contributed by atoms with Gasteiger partial charge in [-0.25, -0.2) is 0 Å². The van der Waals surface area contributed by atoms with Crippen LogP contribution in [0.4, 0.5) is 11.4 Å².